The molecular formula is C15H25NO3. The fraction of sp³-hybridized carbons (Fsp3) is 0.733. The molecule has 0 aromatic rings. The van der Waals surface area contributed by atoms with Gasteiger partial charge in [-0.2, -0.15) is 0 Å². The summed E-state index contributed by atoms with van der Waals surface area (Å²) in [6.07, 6.45) is 8.99. The van der Waals surface area contributed by atoms with Gasteiger partial charge in [0.1, 0.15) is 0 Å². The fourth-order valence-corrected chi connectivity index (χ4v) is 1.85. The predicted octanol–water partition coefficient (Wildman–Crippen LogP) is 3.42. The van der Waals surface area contributed by atoms with E-state index < -0.39 is 0 Å². The van der Waals surface area contributed by atoms with Crippen LogP contribution in [-0.2, 0) is 14.3 Å². The van der Waals surface area contributed by atoms with Crippen LogP contribution in [0, 0.1) is 5.92 Å². The first-order chi connectivity index (χ1) is 9.13. The first-order valence-corrected chi connectivity index (χ1v) is 7.00. The Morgan fingerprint density at radius 1 is 1.37 bits per heavy atom. The normalized spacial score (nSPS) is 13.2. The Kier molecular flexibility index (Phi) is 10.8. The van der Waals surface area contributed by atoms with Crippen molar-refractivity contribution in [2.24, 2.45) is 10.9 Å². The van der Waals surface area contributed by atoms with Gasteiger partial charge in [-0.25, -0.2) is 14.6 Å². The van der Waals surface area contributed by atoms with Gasteiger partial charge in [0.25, 0.3) is 0 Å². The van der Waals surface area contributed by atoms with Gasteiger partial charge >= 0.3 is 5.97 Å². The monoisotopic (exact) mass is 267 g/mol. The minimum Gasteiger partial charge on any atom is -0.462 e. The third-order valence-corrected chi connectivity index (χ3v) is 3.12. The number of carbonyl (C=O) groups is 1. The number of ether oxygens (including phenoxy) is 1. The third kappa shape index (κ3) is 10.2. The standard InChI is InChI=1S/C15H25NO3/c1-4-14(16-12-17)10-8-6-7-9-13(3)11-19-15(18)5-2/h5,13-14H,2,4,6-11H2,1,3H3. The number of isocyanates is 1. The van der Waals surface area contributed by atoms with Crippen molar-refractivity contribution in [3.63, 3.8) is 0 Å². The van der Waals surface area contributed by atoms with Crippen LogP contribution in [0.15, 0.2) is 17.6 Å². The van der Waals surface area contributed by atoms with Gasteiger partial charge in [-0.15, -0.1) is 0 Å². The predicted molar refractivity (Wildman–Crippen MR) is 75.6 cm³/mol. The van der Waals surface area contributed by atoms with Crippen molar-refractivity contribution < 1.29 is 14.3 Å². The lowest BCUT2D eigenvalue weighted by molar-refractivity contribution is -0.139. The number of esters is 1. The van der Waals surface area contributed by atoms with E-state index in [4.69, 9.17) is 4.74 Å². The molecule has 0 rings (SSSR count). The molecule has 0 bridgehead atoms. The molecule has 0 radical (unpaired) electrons. The van der Waals surface area contributed by atoms with Crippen molar-refractivity contribution in [2.45, 2.75) is 58.4 Å². The maximum absolute atomic E-state index is 10.9. The quantitative estimate of drug-likeness (QED) is 0.189. The van der Waals surface area contributed by atoms with Crippen molar-refractivity contribution in [1.82, 2.24) is 0 Å². The Bertz CT molecular complexity index is 309. The summed E-state index contributed by atoms with van der Waals surface area (Å²) in [6, 6.07) is 0.128. The Morgan fingerprint density at radius 2 is 2.05 bits per heavy atom. The van der Waals surface area contributed by atoms with E-state index in [9.17, 15) is 9.59 Å². The molecule has 0 aromatic carbocycles. The van der Waals surface area contributed by atoms with E-state index in [-0.39, 0.29) is 12.0 Å². The Hall–Kier alpha value is -1.41. The van der Waals surface area contributed by atoms with Gasteiger partial charge in [-0.3, -0.25) is 0 Å². The molecule has 0 saturated heterocycles. The molecular weight excluding hydrogens is 242 g/mol. The summed E-state index contributed by atoms with van der Waals surface area (Å²) in [7, 11) is 0. The molecule has 0 aliphatic heterocycles. The van der Waals surface area contributed by atoms with E-state index in [1.165, 1.54) is 6.08 Å². The number of hydrogen-bond acceptors (Lipinski definition) is 4. The zero-order chi connectivity index (χ0) is 14.5. The molecule has 0 aliphatic carbocycles. The molecule has 0 heterocycles. The zero-order valence-electron chi connectivity index (χ0n) is 12.1. The molecule has 0 amide bonds. The molecule has 2 unspecified atom stereocenters. The van der Waals surface area contributed by atoms with Crippen LogP contribution in [0.4, 0.5) is 0 Å². The van der Waals surface area contributed by atoms with Crippen LogP contribution in [-0.4, -0.2) is 24.7 Å². The Balaban J connectivity index is 3.55. The molecule has 4 heteroatoms. The molecule has 108 valence electrons. The van der Waals surface area contributed by atoms with Crippen molar-refractivity contribution in [3.05, 3.63) is 12.7 Å². The van der Waals surface area contributed by atoms with Gasteiger partial charge < -0.3 is 4.74 Å². The van der Waals surface area contributed by atoms with E-state index in [0.717, 1.165) is 38.5 Å². The third-order valence-electron chi connectivity index (χ3n) is 3.12. The Morgan fingerprint density at radius 3 is 2.63 bits per heavy atom. The van der Waals surface area contributed by atoms with Gasteiger partial charge in [0.05, 0.1) is 12.6 Å². The molecule has 0 saturated carbocycles. The molecule has 0 aliphatic rings. The highest BCUT2D eigenvalue weighted by Crippen LogP contribution is 2.14. The van der Waals surface area contributed by atoms with Crippen molar-refractivity contribution >= 4 is 12.0 Å². The highest BCUT2D eigenvalue weighted by Gasteiger charge is 2.06. The maximum atomic E-state index is 10.9. The van der Waals surface area contributed by atoms with Crippen LogP contribution < -0.4 is 0 Å². The molecule has 2 atom stereocenters. The summed E-state index contributed by atoms with van der Waals surface area (Å²) in [6.45, 7) is 7.91. The largest absolute Gasteiger partial charge is 0.462 e. The minimum absolute atomic E-state index is 0.128. The maximum Gasteiger partial charge on any atom is 0.330 e. The van der Waals surface area contributed by atoms with Gasteiger partial charge in [0.2, 0.25) is 6.08 Å². The first-order valence-electron chi connectivity index (χ1n) is 7.00. The van der Waals surface area contributed by atoms with E-state index in [1.54, 1.807) is 6.08 Å². The van der Waals surface area contributed by atoms with Gasteiger partial charge in [0.15, 0.2) is 0 Å². The molecule has 0 fully saturated rings. The second-order valence-corrected chi connectivity index (χ2v) is 4.86. The number of unbranched alkanes of at least 4 members (excludes halogenated alkanes) is 2. The van der Waals surface area contributed by atoms with Crippen LogP contribution in [0.5, 0.6) is 0 Å². The molecule has 19 heavy (non-hydrogen) atoms. The van der Waals surface area contributed by atoms with E-state index >= 15 is 0 Å². The van der Waals surface area contributed by atoms with Crippen molar-refractivity contribution in [2.75, 3.05) is 6.61 Å². The Labute approximate surface area is 115 Å². The smallest absolute Gasteiger partial charge is 0.330 e. The van der Waals surface area contributed by atoms with Crippen LogP contribution in [0.25, 0.3) is 0 Å². The molecule has 4 nitrogen and oxygen atoms in total. The summed E-state index contributed by atoms with van der Waals surface area (Å²) in [5.41, 5.74) is 0. The highest BCUT2D eigenvalue weighted by molar-refractivity contribution is 5.81. The molecule has 0 spiro atoms. The summed E-state index contributed by atoms with van der Waals surface area (Å²) in [5, 5.41) is 0. The SMILES string of the molecule is C=CC(=O)OCC(C)CCCCCC(CC)N=C=O. The second kappa shape index (κ2) is 11.7. The van der Waals surface area contributed by atoms with Crippen LogP contribution in [0.2, 0.25) is 0 Å². The minimum atomic E-state index is -0.357. The average molecular weight is 267 g/mol. The highest BCUT2D eigenvalue weighted by atomic mass is 16.5. The first kappa shape index (κ1) is 17.6. The summed E-state index contributed by atoms with van der Waals surface area (Å²) in [5.74, 6) is 0.0169. The van der Waals surface area contributed by atoms with Crippen molar-refractivity contribution in [3.8, 4) is 0 Å². The number of carbonyl (C=O) groups excluding carboxylic acids is 2. The average Bonchev–Trinajstić information content (AvgIpc) is 2.43. The number of nitrogens with zero attached hydrogens (tertiary/aromatic N) is 1. The zero-order valence-corrected chi connectivity index (χ0v) is 12.1. The van der Waals surface area contributed by atoms with E-state index in [1.807, 2.05) is 6.92 Å². The van der Waals surface area contributed by atoms with E-state index in [2.05, 4.69) is 18.5 Å². The van der Waals surface area contributed by atoms with E-state index in [0.29, 0.717) is 12.5 Å². The van der Waals surface area contributed by atoms with Gasteiger partial charge in [-0.1, -0.05) is 39.7 Å². The number of aliphatic imine (C=N–C) groups is 1. The van der Waals surface area contributed by atoms with Crippen LogP contribution >= 0.6 is 0 Å². The molecule has 0 aromatic heterocycles. The lowest BCUT2D eigenvalue weighted by Gasteiger charge is -2.11. The topological polar surface area (TPSA) is 55.7 Å². The fourth-order valence-electron chi connectivity index (χ4n) is 1.85. The van der Waals surface area contributed by atoms with Gasteiger partial charge in [-0.05, 0) is 25.2 Å². The second-order valence-electron chi connectivity index (χ2n) is 4.86. The van der Waals surface area contributed by atoms with Crippen molar-refractivity contribution in [1.29, 1.82) is 0 Å². The summed E-state index contributed by atoms with van der Waals surface area (Å²) >= 11 is 0. The molecule has 0 N–H and O–H groups in total. The number of hydrogen-bond donors (Lipinski definition) is 0. The lowest BCUT2D eigenvalue weighted by Crippen LogP contribution is -2.10. The van der Waals surface area contributed by atoms with Gasteiger partial charge in [0, 0.05) is 6.08 Å². The van der Waals surface area contributed by atoms with Crippen LogP contribution in [0.1, 0.15) is 52.4 Å². The van der Waals surface area contributed by atoms with Crippen LogP contribution in [0.3, 0.4) is 0 Å². The lowest BCUT2D eigenvalue weighted by atomic mass is 10.0. The summed E-state index contributed by atoms with van der Waals surface area (Å²) < 4.78 is 4.98. The summed E-state index contributed by atoms with van der Waals surface area (Å²) in [4.78, 5) is 24.8. The number of rotatable bonds is 11.